The van der Waals surface area contributed by atoms with Crippen LogP contribution in [0.4, 0.5) is 0 Å². The lowest BCUT2D eigenvalue weighted by molar-refractivity contribution is 0.660. The highest BCUT2D eigenvalue weighted by molar-refractivity contribution is 6.32. The van der Waals surface area contributed by atoms with Gasteiger partial charge in [-0.2, -0.15) is 0 Å². The number of rotatable bonds is 2. The fourth-order valence-electron chi connectivity index (χ4n) is 9.35. The van der Waals surface area contributed by atoms with Gasteiger partial charge in [-0.25, -0.2) is 0 Å². The summed E-state index contributed by atoms with van der Waals surface area (Å²) in [6.07, 6.45) is 0. The Labute approximate surface area is 285 Å². The van der Waals surface area contributed by atoms with Gasteiger partial charge in [0.2, 0.25) is 0 Å². The third-order valence-corrected chi connectivity index (χ3v) is 11.6. The Kier molecular flexibility index (Phi) is 5.27. The molecule has 0 nitrogen and oxygen atoms in total. The van der Waals surface area contributed by atoms with Crippen molar-refractivity contribution >= 4 is 64.6 Å². The Hall–Kier alpha value is -5.98. The van der Waals surface area contributed by atoms with E-state index in [0.29, 0.717) is 0 Å². The first-order valence-electron chi connectivity index (χ1n) is 17.4. The van der Waals surface area contributed by atoms with Gasteiger partial charge < -0.3 is 0 Å². The van der Waals surface area contributed by atoms with Gasteiger partial charge in [0, 0.05) is 5.41 Å². The van der Waals surface area contributed by atoms with Gasteiger partial charge in [0.05, 0.1) is 0 Å². The van der Waals surface area contributed by atoms with Crippen LogP contribution >= 0.6 is 0 Å². The van der Waals surface area contributed by atoms with Crippen molar-refractivity contribution in [3.8, 4) is 33.4 Å². The van der Waals surface area contributed by atoms with Crippen molar-refractivity contribution in [3.05, 3.63) is 169 Å². The predicted molar refractivity (Wildman–Crippen MR) is 211 cm³/mol. The summed E-state index contributed by atoms with van der Waals surface area (Å²) in [5, 5.41) is 15.7. The molecule has 0 saturated carbocycles. The normalized spacial score (nSPS) is 13.7. The zero-order valence-electron chi connectivity index (χ0n) is 27.5. The molecular formula is C49H32. The van der Waals surface area contributed by atoms with Crippen LogP contribution in [0.25, 0.3) is 98.0 Å². The summed E-state index contributed by atoms with van der Waals surface area (Å²) in [4.78, 5) is 0. The summed E-state index contributed by atoms with van der Waals surface area (Å²) in [5.74, 6) is 0. The summed E-state index contributed by atoms with van der Waals surface area (Å²) in [7, 11) is 0. The molecule has 0 radical (unpaired) electrons. The first-order valence-corrected chi connectivity index (χ1v) is 17.4. The van der Waals surface area contributed by atoms with Gasteiger partial charge in [-0.3, -0.25) is 0 Å². The third-order valence-electron chi connectivity index (χ3n) is 11.6. The van der Waals surface area contributed by atoms with E-state index in [1.165, 1.54) is 109 Å². The minimum atomic E-state index is -0.0722. The van der Waals surface area contributed by atoms with Crippen molar-refractivity contribution in [1.82, 2.24) is 0 Å². The minimum absolute atomic E-state index is 0.0722. The highest BCUT2D eigenvalue weighted by Gasteiger charge is 2.35. The quantitative estimate of drug-likeness (QED) is 0.133. The molecule has 0 heteroatoms. The smallest absolute Gasteiger partial charge is 0.0159 e. The van der Waals surface area contributed by atoms with Crippen LogP contribution in [-0.2, 0) is 5.41 Å². The maximum Gasteiger partial charge on any atom is 0.0159 e. The number of fused-ring (bicyclic) bond motifs is 7. The van der Waals surface area contributed by atoms with Gasteiger partial charge in [0.15, 0.2) is 0 Å². The summed E-state index contributed by atoms with van der Waals surface area (Å²) in [6.45, 7) is 4.76. The van der Waals surface area contributed by atoms with Crippen LogP contribution < -0.4 is 0 Å². The van der Waals surface area contributed by atoms with Gasteiger partial charge in [-0.15, -0.1) is 0 Å². The molecule has 10 aromatic rings. The second-order valence-electron chi connectivity index (χ2n) is 14.4. The molecule has 0 atom stereocenters. The molecule has 0 saturated heterocycles. The molecule has 0 spiro atoms. The van der Waals surface area contributed by atoms with E-state index in [2.05, 4.69) is 172 Å². The lowest BCUT2D eigenvalue weighted by atomic mass is 9.79. The standard InChI is InChI=1S/C49H32/c1-49(2)42-17-8-7-14-35(42)36-24-23-33(28-43(36)49)46-37-15-5-6-16-38(37)47(41-27-20-29-10-3-4-13-34(29)48(41)46)40-26-22-32-19-18-30-11-9-12-31-21-25-39(40)45(32)44(30)31/h3-28H,1-2H3. The average molecular weight is 621 g/mol. The van der Waals surface area contributed by atoms with E-state index in [9.17, 15) is 0 Å². The van der Waals surface area contributed by atoms with Crippen molar-refractivity contribution < 1.29 is 0 Å². The molecule has 0 aromatic heterocycles. The second-order valence-corrected chi connectivity index (χ2v) is 14.4. The van der Waals surface area contributed by atoms with Crippen LogP contribution in [0.1, 0.15) is 25.0 Å². The average Bonchev–Trinajstić information content (AvgIpc) is 3.38. The molecule has 1 aliphatic rings. The highest BCUT2D eigenvalue weighted by atomic mass is 14.4. The Morgan fingerprint density at radius 2 is 0.898 bits per heavy atom. The summed E-state index contributed by atoms with van der Waals surface area (Å²) in [5.41, 5.74) is 10.7. The minimum Gasteiger partial charge on any atom is -0.0619 e. The summed E-state index contributed by atoms with van der Waals surface area (Å²) < 4.78 is 0. The molecule has 11 rings (SSSR count). The van der Waals surface area contributed by atoms with Gasteiger partial charge >= 0.3 is 0 Å². The van der Waals surface area contributed by atoms with Gasteiger partial charge in [-0.05, 0) is 115 Å². The van der Waals surface area contributed by atoms with Crippen molar-refractivity contribution in [2.45, 2.75) is 19.3 Å². The topological polar surface area (TPSA) is 0 Å². The van der Waals surface area contributed by atoms with Crippen molar-refractivity contribution in [3.63, 3.8) is 0 Å². The van der Waals surface area contributed by atoms with Crippen molar-refractivity contribution in [1.29, 1.82) is 0 Å². The molecule has 10 aromatic carbocycles. The summed E-state index contributed by atoms with van der Waals surface area (Å²) >= 11 is 0. The fourth-order valence-corrected chi connectivity index (χ4v) is 9.35. The second kappa shape index (κ2) is 9.56. The molecular weight excluding hydrogens is 589 g/mol. The van der Waals surface area contributed by atoms with E-state index < -0.39 is 0 Å². The Balaban J connectivity index is 1.30. The molecule has 0 aliphatic heterocycles. The molecule has 0 amide bonds. The van der Waals surface area contributed by atoms with E-state index in [-0.39, 0.29) is 5.41 Å². The Bertz CT molecular complexity index is 2990. The number of hydrogen-bond donors (Lipinski definition) is 0. The number of hydrogen-bond acceptors (Lipinski definition) is 0. The Morgan fingerprint density at radius 3 is 1.73 bits per heavy atom. The van der Waals surface area contributed by atoms with Crippen LogP contribution in [0.5, 0.6) is 0 Å². The van der Waals surface area contributed by atoms with Crippen molar-refractivity contribution in [2.24, 2.45) is 0 Å². The van der Waals surface area contributed by atoms with E-state index in [4.69, 9.17) is 0 Å². The highest BCUT2D eigenvalue weighted by Crippen LogP contribution is 2.52. The maximum atomic E-state index is 2.49. The fraction of sp³-hybridized carbons (Fsp3) is 0.0612. The van der Waals surface area contributed by atoms with Crippen LogP contribution in [0.2, 0.25) is 0 Å². The third kappa shape index (κ3) is 3.53. The lowest BCUT2D eigenvalue weighted by Crippen LogP contribution is -2.14. The van der Waals surface area contributed by atoms with E-state index in [0.717, 1.165) is 0 Å². The van der Waals surface area contributed by atoms with E-state index in [1.54, 1.807) is 0 Å². The van der Waals surface area contributed by atoms with E-state index >= 15 is 0 Å². The van der Waals surface area contributed by atoms with E-state index in [1.807, 2.05) is 0 Å². The molecule has 228 valence electrons. The predicted octanol–water partition coefficient (Wildman–Crippen LogP) is 13.7. The van der Waals surface area contributed by atoms with Gasteiger partial charge in [-0.1, -0.05) is 166 Å². The maximum absolute atomic E-state index is 2.49. The largest absolute Gasteiger partial charge is 0.0619 e. The molecule has 49 heavy (non-hydrogen) atoms. The van der Waals surface area contributed by atoms with Gasteiger partial charge in [0.1, 0.15) is 0 Å². The van der Waals surface area contributed by atoms with Crippen LogP contribution in [0.15, 0.2) is 158 Å². The molecule has 0 bridgehead atoms. The first-order chi connectivity index (χ1) is 24.1. The molecule has 0 unspecified atom stereocenters. The van der Waals surface area contributed by atoms with Crippen LogP contribution in [-0.4, -0.2) is 0 Å². The Morgan fingerprint density at radius 1 is 0.327 bits per heavy atom. The summed E-state index contributed by atoms with van der Waals surface area (Å²) in [6, 6.07) is 59.5. The van der Waals surface area contributed by atoms with Crippen LogP contribution in [0, 0.1) is 0 Å². The zero-order valence-corrected chi connectivity index (χ0v) is 27.5. The monoisotopic (exact) mass is 620 g/mol. The molecule has 0 N–H and O–H groups in total. The molecule has 0 fully saturated rings. The van der Waals surface area contributed by atoms with Crippen LogP contribution in [0.3, 0.4) is 0 Å². The molecule has 0 heterocycles. The SMILES string of the molecule is CC1(C)c2ccccc2-c2ccc(-c3c4ccccc4c(-c4ccc5ccc6cccc7ccc4c5c67)c4ccc5ccccc5c34)cc21. The zero-order chi connectivity index (χ0) is 32.4. The first kappa shape index (κ1) is 27.0. The van der Waals surface area contributed by atoms with Crippen molar-refractivity contribution in [2.75, 3.05) is 0 Å². The molecule has 1 aliphatic carbocycles. The lowest BCUT2D eigenvalue weighted by Gasteiger charge is -2.24. The number of benzene rings is 10. The van der Waals surface area contributed by atoms with Gasteiger partial charge in [0.25, 0.3) is 0 Å².